The number of aliphatic hydroxyl groups excluding tert-OH is 1. The fraction of sp³-hybridized carbons (Fsp3) is 0.519. The van der Waals surface area contributed by atoms with E-state index in [4.69, 9.17) is 9.84 Å². The molecule has 0 fully saturated rings. The molecule has 0 aromatic carbocycles. The van der Waals surface area contributed by atoms with E-state index < -0.39 is 0 Å². The number of nitrogens with zero attached hydrogens (tertiary/aromatic N) is 3. The lowest BCUT2D eigenvalue weighted by molar-refractivity contribution is 0.0950. The Balaban J connectivity index is 2.37. The van der Waals surface area contributed by atoms with Gasteiger partial charge >= 0.3 is 6.03 Å². The minimum atomic E-state index is -0.318. The number of carbonyl (C=O) groups is 2. The number of nitrogens with one attached hydrogen (secondary N) is 2. The van der Waals surface area contributed by atoms with Crippen molar-refractivity contribution in [2.75, 3.05) is 49.2 Å². The van der Waals surface area contributed by atoms with Gasteiger partial charge in [-0.3, -0.25) is 9.69 Å². The van der Waals surface area contributed by atoms with Crippen molar-refractivity contribution < 1.29 is 19.4 Å². The SMILES string of the molecule is CC/C=C/C=C(\C=C(/C)NC(=O)N1CCCN(CC)c2c(C)cc(C(=O)NCC)nc21)OCCCO. The molecular weight excluding hydrogens is 458 g/mol. The van der Waals surface area contributed by atoms with Crippen molar-refractivity contribution in [2.24, 2.45) is 0 Å². The number of aryl methyl sites for hydroxylation is 1. The summed E-state index contributed by atoms with van der Waals surface area (Å²) in [6, 6.07) is 1.46. The number of allylic oxidation sites excluding steroid dienone is 5. The second-order valence-corrected chi connectivity index (χ2v) is 8.53. The number of ether oxygens (including phenoxy) is 1. The highest BCUT2D eigenvalue weighted by molar-refractivity contribution is 5.99. The molecule has 1 aromatic rings. The van der Waals surface area contributed by atoms with E-state index in [1.54, 1.807) is 24.0 Å². The van der Waals surface area contributed by atoms with Gasteiger partial charge in [0, 0.05) is 44.9 Å². The first-order chi connectivity index (χ1) is 17.4. The zero-order chi connectivity index (χ0) is 26.5. The summed E-state index contributed by atoms with van der Waals surface area (Å²) in [5, 5.41) is 14.8. The number of aromatic nitrogens is 1. The number of hydrogen-bond donors (Lipinski definition) is 3. The molecule has 2 heterocycles. The summed E-state index contributed by atoms with van der Waals surface area (Å²) in [5.41, 5.74) is 2.67. The third-order valence-corrected chi connectivity index (χ3v) is 5.61. The van der Waals surface area contributed by atoms with Crippen LogP contribution in [-0.4, -0.2) is 61.4 Å². The van der Waals surface area contributed by atoms with E-state index in [1.807, 2.05) is 39.0 Å². The predicted octanol–water partition coefficient (Wildman–Crippen LogP) is 4.04. The van der Waals surface area contributed by atoms with Gasteiger partial charge in [0.15, 0.2) is 5.82 Å². The molecular formula is C27H41N5O4. The van der Waals surface area contributed by atoms with Crippen LogP contribution in [-0.2, 0) is 4.74 Å². The number of carbonyl (C=O) groups excluding carboxylic acids is 2. The smallest absolute Gasteiger partial charge is 0.327 e. The molecule has 0 aliphatic carbocycles. The fourth-order valence-corrected chi connectivity index (χ4v) is 3.92. The summed E-state index contributed by atoms with van der Waals surface area (Å²) in [7, 11) is 0. The number of rotatable bonds is 11. The zero-order valence-electron chi connectivity index (χ0n) is 22.3. The van der Waals surface area contributed by atoms with Crippen LogP contribution in [0.15, 0.2) is 41.8 Å². The molecule has 1 aliphatic heterocycles. The average Bonchev–Trinajstić information content (AvgIpc) is 3.04. The lowest BCUT2D eigenvalue weighted by atomic mass is 10.1. The molecule has 0 atom stereocenters. The molecule has 3 amide bonds. The van der Waals surface area contributed by atoms with Crippen LogP contribution in [0, 0.1) is 6.92 Å². The predicted molar refractivity (Wildman–Crippen MR) is 144 cm³/mol. The zero-order valence-corrected chi connectivity index (χ0v) is 22.3. The van der Waals surface area contributed by atoms with E-state index >= 15 is 0 Å². The Kier molecular flexibility index (Phi) is 12.0. The van der Waals surface area contributed by atoms with Gasteiger partial charge in [0.05, 0.1) is 12.3 Å². The van der Waals surface area contributed by atoms with Crippen molar-refractivity contribution in [3.63, 3.8) is 0 Å². The third-order valence-electron chi connectivity index (χ3n) is 5.61. The van der Waals surface area contributed by atoms with Crippen molar-refractivity contribution in [2.45, 2.75) is 53.9 Å². The first kappa shape index (κ1) is 28.9. The molecule has 0 unspecified atom stereocenters. The van der Waals surface area contributed by atoms with Gasteiger partial charge in [-0.25, -0.2) is 9.78 Å². The normalized spacial score (nSPS) is 14.5. The molecule has 0 radical (unpaired) electrons. The number of aliphatic hydroxyl groups is 1. The van der Waals surface area contributed by atoms with Crippen LogP contribution >= 0.6 is 0 Å². The Labute approximate surface area is 214 Å². The average molecular weight is 500 g/mol. The van der Waals surface area contributed by atoms with Crippen LogP contribution < -0.4 is 20.4 Å². The van der Waals surface area contributed by atoms with Gasteiger partial charge in [-0.1, -0.05) is 19.1 Å². The molecule has 0 saturated carbocycles. The maximum Gasteiger partial charge on any atom is 0.327 e. The first-order valence-corrected chi connectivity index (χ1v) is 12.8. The van der Waals surface area contributed by atoms with Gasteiger partial charge in [0.1, 0.15) is 11.5 Å². The van der Waals surface area contributed by atoms with Gasteiger partial charge in [-0.05, 0) is 64.3 Å². The number of pyridine rings is 1. The summed E-state index contributed by atoms with van der Waals surface area (Å²) in [6.45, 7) is 12.7. The second-order valence-electron chi connectivity index (χ2n) is 8.53. The lowest BCUT2D eigenvalue weighted by Crippen LogP contribution is -2.40. The number of anilines is 2. The summed E-state index contributed by atoms with van der Waals surface area (Å²) in [5.74, 6) is 0.815. The molecule has 198 valence electrons. The minimum absolute atomic E-state index is 0.0470. The second kappa shape index (κ2) is 14.9. The minimum Gasteiger partial charge on any atom is -0.493 e. The van der Waals surface area contributed by atoms with E-state index in [0.717, 1.165) is 37.2 Å². The highest BCUT2D eigenvalue weighted by Gasteiger charge is 2.29. The van der Waals surface area contributed by atoms with Crippen LogP contribution in [0.4, 0.5) is 16.3 Å². The molecule has 1 aromatic heterocycles. The molecule has 9 nitrogen and oxygen atoms in total. The monoisotopic (exact) mass is 499 g/mol. The molecule has 0 bridgehead atoms. The summed E-state index contributed by atoms with van der Waals surface area (Å²) < 4.78 is 5.76. The third kappa shape index (κ3) is 8.12. The number of urea groups is 1. The highest BCUT2D eigenvalue weighted by Crippen LogP contribution is 2.34. The van der Waals surface area contributed by atoms with Crippen LogP contribution in [0.5, 0.6) is 0 Å². The topological polar surface area (TPSA) is 107 Å². The van der Waals surface area contributed by atoms with Crippen molar-refractivity contribution >= 4 is 23.4 Å². The van der Waals surface area contributed by atoms with Crippen molar-refractivity contribution in [1.82, 2.24) is 15.6 Å². The van der Waals surface area contributed by atoms with E-state index in [1.165, 1.54) is 0 Å². The van der Waals surface area contributed by atoms with E-state index in [0.29, 0.717) is 49.1 Å². The van der Waals surface area contributed by atoms with E-state index in [2.05, 4.69) is 27.4 Å². The van der Waals surface area contributed by atoms with Gasteiger partial charge in [-0.2, -0.15) is 0 Å². The Morgan fingerprint density at radius 1 is 1.25 bits per heavy atom. The summed E-state index contributed by atoms with van der Waals surface area (Å²) in [6.07, 6.45) is 9.69. The molecule has 9 heteroatoms. The van der Waals surface area contributed by atoms with Crippen molar-refractivity contribution in [1.29, 1.82) is 0 Å². The first-order valence-electron chi connectivity index (χ1n) is 12.8. The lowest BCUT2D eigenvalue weighted by Gasteiger charge is -2.27. The van der Waals surface area contributed by atoms with Gasteiger partial charge in [-0.15, -0.1) is 0 Å². The quantitative estimate of drug-likeness (QED) is 0.241. The fourth-order valence-electron chi connectivity index (χ4n) is 3.92. The molecule has 3 N–H and O–H groups in total. The van der Waals surface area contributed by atoms with Crippen LogP contribution in [0.3, 0.4) is 0 Å². The van der Waals surface area contributed by atoms with Gasteiger partial charge in [0.2, 0.25) is 0 Å². The summed E-state index contributed by atoms with van der Waals surface area (Å²) in [4.78, 5) is 34.5. The van der Waals surface area contributed by atoms with Crippen LogP contribution in [0.2, 0.25) is 0 Å². The maximum atomic E-state index is 13.4. The molecule has 1 aliphatic rings. The molecule has 0 spiro atoms. The Morgan fingerprint density at radius 2 is 2.03 bits per heavy atom. The highest BCUT2D eigenvalue weighted by atomic mass is 16.5. The molecule has 36 heavy (non-hydrogen) atoms. The van der Waals surface area contributed by atoms with Crippen LogP contribution in [0.1, 0.15) is 63.0 Å². The van der Waals surface area contributed by atoms with E-state index in [-0.39, 0.29) is 18.5 Å². The van der Waals surface area contributed by atoms with Crippen molar-refractivity contribution in [3.8, 4) is 0 Å². The molecule has 2 rings (SSSR count). The number of fused-ring (bicyclic) bond motifs is 1. The largest absolute Gasteiger partial charge is 0.493 e. The summed E-state index contributed by atoms with van der Waals surface area (Å²) >= 11 is 0. The number of amides is 3. The Morgan fingerprint density at radius 3 is 2.69 bits per heavy atom. The van der Waals surface area contributed by atoms with Gasteiger partial charge < -0.3 is 25.4 Å². The Bertz CT molecular complexity index is 987. The number of hydrogen-bond acceptors (Lipinski definition) is 6. The van der Waals surface area contributed by atoms with Crippen LogP contribution in [0.25, 0.3) is 0 Å². The van der Waals surface area contributed by atoms with Crippen molar-refractivity contribution in [3.05, 3.63) is 53.1 Å². The van der Waals surface area contributed by atoms with Gasteiger partial charge in [0.25, 0.3) is 5.91 Å². The molecule has 0 saturated heterocycles. The Hall–Kier alpha value is -3.33. The maximum absolute atomic E-state index is 13.4. The standard InChI is InChI=1S/C27H41N5O4/c1-6-9-10-13-22(36-17-12-16-33)19-21(5)29-27(35)32-15-11-14-31(8-3)24-20(4)18-23(30-25(24)32)26(34)28-7-2/h9-10,13,18-19,33H,6-8,11-12,14-17H2,1-5H3,(H,28,34)(H,29,35)/b10-9+,21-19+,22-13+. The van der Waals surface area contributed by atoms with E-state index in [9.17, 15) is 9.59 Å².